The van der Waals surface area contributed by atoms with E-state index < -0.39 is 0 Å². The second-order valence-corrected chi connectivity index (χ2v) is 4.93. The van der Waals surface area contributed by atoms with Crippen molar-refractivity contribution in [3.05, 3.63) is 23.8 Å². The topological polar surface area (TPSA) is 76.4 Å². The Morgan fingerprint density at radius 2 is 2.26 bits per heavy atom. The molecule has 2 atom stereocenters. The van der Waals surface area contributed by atoms with E-state index in [0.717, 1.165) is 25.1 Å². The fourth-order valence-electron chi connectivity index (χ4n) is 2.32. The molecule has 5 heteroatoms. The molecule has 19 heavy (non-hydrogen) atoms. The predicted molar refractivity (Wildman–Crippen MR) is 76.3 cm³/mol. The molecule has 1 amide bonds. The van der Waals surface area contributed by atoms with Crippen LogP contribution in [0.2, 0.25) is 0 Å². The van der Waals surface area contributed by atoms with Crippen LogP contribution in [0.1, 0.15) is 30.1 Å². The number of carbonyl (C=O) groups excluding carboxylic acids is 1. The molecule has 1 aromatic rings. The van der Waals surface area contributed by atoms with Gasteiger partial charge in [0.15, 0.2) is 0 Å². The van der Waals surface area contributed by atoms with Crippen LogP contribution >= 0.6 is 0 Å². The summed E-state index contributed by atoms with van der Waals surface area (Å²) in [5.74, 6) is -0.108. The Kier molecular flexibility index (Phi) is 4.27. The van der Waals surface area contributed by atoms with Crippen LogP contribution in [-0.2, 0) is 4.74 Å². The molecule has 0 bridgehead atoms. The lowest BCUT2D eigenvalue weighted by Gasteiger charge is -2.29. The molecule has 5 nitrogen and oxygen atoms in total. The quantitative estimate of drug-likeness (QED) is 0.724. The molecule has 0 radical (unpaired) electrons. The first-order valence-electron chi connectivity index (χ1n) is 6.60. The molecule has 0 spiro atoms. The number of nitrogens with two attached hydrogens (primary N) is 1. The smallest absolute Gasteiger partial charge is 0.251 e. The fourth-order valence-corrected chi connectivity index (χ4v) is 2.32. The Labute approximate surface area is 113 Å². The summed E-state index contributed by atoms with van der Waals surface area (Å²) in [6.45, 7) is 2.83. The van der Waals surface area contributed by atoms with Crippen molar-refractivity contribution in [2.75, 3.05) is 24.7 Å². The molecule has 4 N–H and O–H groups in total. The number of nitrogens with one attached hydrogen (secondary N) is 2. The highest BCUT2D eigenvalue weighted by Crippen LogP contribution is 2.24. The maximum absolute atomic E-state index is 11.6. The second kappa shape index (κ2) is 5.93. The molecule has 1 saturated heterocycles. The summed E-state index contributed by atoms with van der Waals surface area (Å²) in [7, 11) is 1.62. The van der Waals surface area contributed by atoms with Gasteiger partial charge < -0.3 is 21.1 Å². The van der Waals surface area contributed by atoms with Crippen LogP contribution in [0.15, 0.2) is 18.2 Å². The number of amides is 1. The predicted octanol–water partition coefficient (Wildman–Crippen LogP) is 1.61. The first-order chi connectivity index (χ1) is 9.10. The molecule has 1 fully saturated rings. The lowest BCUT2D eigenvalue weighted by Crippen LogP contribution is -2.32. The minimum absolute atomic E-state index is 0.108. The summed E-state index contributed by atoms with van der Waals surface area (Å²) in [4.78, 5) is 11.6. The van der Waals surface area contributed by atoms with Crippen molar-refractivity contribution in [1.82, 2.24) is 5.32 Å². The van der Waals surface area contributed by atoms with Gasteiger partial charge in [-0.2, -0.15) is 0 Å². The Hall–Kier alpha value is -1.75. The number of benzene rings is 1. The summed E-state index contributed by atoms with van der Waals surface area (Å²) >= 11 is 0. The molecule has 1 aliphatic rings. The van der Waals surface area contributed by atoms with E-state index in [9.17, 15) is 4.79 Å². The number of nitrogen functional groups attached to an aromatic ring is 1. The van der Waals surface area contributed by atoms with E-state index in [1.165, 1.54) is 0 Å². The van der Waals surface area contributed by atoms with Gasteiger partial charge in [-0.15, -0.1) is 0 Å². The number of anilines is 2. The minimum Gasteiger partial charge on any atom is -0.397 e. The number of ether oxygens (including phenoxy) is 1. The van der Waals surface area contributed by atoms with Gasteiger partial charge in [-0.3, -0.25) is 4.79 Å². The Balaban J connectivity index is 2.12. The van der Waals surface area contributed by atoms with E-state index in [1.54, 1.807) is 25.2 Å². The van der Waals surface area contributed by atoms with E-state index in [4.69, 9.17) is 10.5 Å². The summed E-state index contributed by atoms with van der Waals surface area (Å²) < 4.78 is 5.52. The first kappa shape index (κ1) is 13.7. The Bertz CT molecular complexity index is 462. The maximum Gasteiger partial charge on any atom is 0.251 e. The molecular formula is C14H21N3O2. The van der Waals surface area contributed by atoms with Crippen molar-refractivity contribution in [2.24, 2.45) is 0 Å². The summed E-state index contributed by atoms with van der Waals surface area (Å²) in [6, 6.07) is 5.63. The highest BCUT2D eigenvalue weighted by atomic mass is 16.5. The normalized spacial score (nSPS) is 22.8. The van der Waals surface area contributed by atoms with Gasteiger partial charge in [-0.25, -0.2) is 0 Å². The Morgan fingerprint density at radius 1 is 1.47 bits per heavy atom. The van der Waals surface area contributed by atoms with Crippen LogP contribution in [0.4, 0.5) is 11.4 Å². The van der Waals surface area contributed by atoms with Crippen LogP contribution in [-0.4, -0.2) is 31.7 Å². The number of hydrogen-bond donors (Lipinski definition) is 3. The van der Waals surface area contributed by atoms with Crippen molar-refractivity contribution in [1.29, 1.82) is 0 Å². The molecule has 1 heterocycles. The molecular weight excluding hydrogens is 242 g/mol. The standard InChI is InChI=1S/C14H21N3O2/c1-9-7-11(5-6-19-9)17-13-8-10(14(18)16-2)3-4-12(13)15/h3-4,8-9,11,17H,5-7,15H2,1-2H3,(H,16,18). The van der Waals surface area contributed by atoms with E-state index in [2.05, 4.69) is 17.6 Å². The second-order valence-electron chi connectivity index (χ2n) is 4.93. The van der Waals surface area contributed by atoms with Gasteiger partial charge in [0.05, 0.1) is 17.5 Å². The van der Waals surface area contributed by atoms with Crippen molar-refractivity contribution in [3.63, 3.8) is 0 Å². The average Bonchev–Trinajstić information content (AvgIpc) is 2.40. The van der Waals surface area contributed by atoms with Crippen molar-refractivity contribution in [3.8, 4) is 0 Å². The van der Waals surface area contributed by atoms with Gasteiger partial charge >= 0.3 is 0 Å². The highest BCUT2D eigenvalue weighted by molar-refractivity contribution is 5.96. The van der Waals surface area contributed by atoms with Gasteiger partial charge in [0.25, 0.3) is 5.91 Å². The summed E-state index contributed by atoms with van der Waals surface area (Å²) in [5, 5.41) is 6.03. The van der Waals surface area contributed by atoms with Gasteiger partial charge in [-0.1, -0.05) is 0 Å². The van der Waals surface area contributed by atoms with E-state index >= 15 is 0 Å². The SMILES string of the molecule is CNC(=O)c1ccc(N)c(NC2CCOC(C)C2)c1. The van der Waals surface area contributed by atoms with Crippen LogP contribution in [0.3, 0.4) is 0 Å². The van der Waals surface area contributed by atoms with Gasteiger partial charge in [0.1, 0.15) is 0 Å². The number of carbonyl (C=O) groups is 1. The summed E-state index contributed by atoms with van der Waals surface area (Å²) in [6.07, 6.45) is 2.16. The molecule has 2 rings (SSSR count). The van der Waals surface area contributed by atoms with E-state index in [-0.39, 0.29) is 12.0 Å². The Morgan fingerprint density at radius 3 is 2.95 bits per heavy atom. The molecule has 1 aliphatic heterocycles. The lowest BCUT2D eigenvalue weighted by atomic mass is 10.0. The van der Waals surface area contributed by atoms with Gasteiger partial charge in [-0.05, 0) is 38.0 Å². The lowest BCUT2D eigenvalue weighted by molar-refractivity contribution is 0.0232. The third kappa shape index (κ3) is 3.38. The van der Waals surface area contributed by atoms with Crippen molar-refractivity contribution in [2.45, 2.75) is 31.9 Å². The monoisotopic (exact) mass is 263 g/mol. The molecule has 0 aliphatic carbocycles. The molecule has 0 saturated carbocycles. The van der Waals surface area contributed by atoms with Crippen LogP contribution in [0, 0.1) is 0 Å². The third-order valence-corrected chi connectivity index (χ3v) is 3.39. The first-order valence-corrected chi connectivity index (χ1v) is 6.60. The molecule has 2 unspecified atom stereocenters. The minimum atomic E-state index is -0.108. The zero-order valence-electron chi connectivity index (χ0n) is 11.4. The van der Waals surface area contributed by atoms with Crippen molar-refractivity contribution >= 4 is 17.3 Å². The molecule has 104 valence electrons. The van der Waals surface area contributed by atoms with Crippen LogP contribution in [0.25, 0.3) is 0 Å². The third-order valence-electron chi connectivity index (χ3n) is 3.39. The van der Waals surface area contributed by atoms with Crippen LogP contribution in [0.5, 0.6) is 0 Å². The summed E-state index contributed by atoms with van der Waals surface area (Å²) in [5.41, 5.74) is 8.05. The number of rotatable bonds is 3. The van der Waals surface area contributed by atoms with Gasteiger partial charge in [0.2, 0.25) is 0 Å². The fraction of sp³-hybridized carbons (Fsp3) is 0.500. The largest absolute Gasteiger partial charge is 0.397 e. The molecule has 0 aromatic heterocycles. The van der Waals surface area contributed by atoms with Crippen LogP contribution < -0.4 is 16.4 Å². The van der Waals surface area contributed by atoms with Gasteiger partial charge in [0, 0.05) is 25.3 Å². The maximum atomic E-state index is 11.6. The van der Waals surface area contributed by atoms with E-state index in [1.807, 2.05) is 0 Å². The number of hydrogen-bond acceptors (Lipinski definition) is 4. The zero-order chi connectivity index (χ0) is 13.8. The van der Waals surface area contributed by atoms with E-state index in [0.29, 0.717) is 17.3 Å². The highest BCUT2D eigenvalue weighted by Gasteiger charge is 2.20. The van der Waals surface area contributed by atoms with Crippen molar-refractivity contribution < 1.29 is 9.53 Å². The zero-order valence-corrected chi connectivity index (χ0v) is 11.4. The average molecular weight is 263 g/mol. The molecule has 1 aromatic carbocycles.